The Labute approximate surface area is 138 Å². The van der Waals surface area contributed by atoms with Crippen LogP contribution in [0.4, 0.5) is 5.69 Å². The van der Waals surface area contributed by atoms with Gasteiger partial charge in [-0.3, -0.25) is 14.9 Å². The molecule has 0 bridgehead atoms. The van der Waals surface area contributed by atoms with Crippen molar-refractivity contribution in [2.24, 2.45) is 0 Å². The number of ether oxygens (including phenoxy) is 1. The molecule has 2 rings (SSSR count). The predicted octanol–water partition coefficient (Wildman–Crippen LogP) is 3.77. The molecule has 0 radical (unpaired) electrons. The van der Waals surface area contributed by atoms with Gasteiger partial charge < -0.3 is 4.74 Å². The van der Waals surface area contributed by atoms with Gasteiger partial charge in [0.1, 0.15) is 0 Å². The summed E-state index contributed by atoms with van der Waals surface area (Å²) in [4.78, 5) is 34.6. The standard InChI is InChI=1S/C14H10BrNO5S/c1-8-9(3-2-4-10(8)16(19)20)14(18)21-7-11(17)12-5-6-13(15)22-12/h2-6H,7H2,1H3. The van der Waals surface area contributed by atoms with Crippen LogP contribution < -0.4 is 0 Å². The number of halogens is 1. The fourth-order valence-electron chi connectivity index (χ4n) is 1.79. The molecule has 0 saturated heterocycles. The number of nitrogens with zero attached hydrogens (tertiary/aromatic N) is 1. The summed E-state index contributed by atoms with van der Waals surface area (Å²) in [6, 6.07) is 7.49. The van der Waals surface area contributed by atoms with E-state index in [0.717, 1.165) is 3.79 Å². The van der Waals surface area contributed by atoms with Gasteiger partial charge in [-0.1, -0.05) is 6.07 Å². The van der Waals surface area contributed by atoms with E-state index in [4.69, 9.17) is 4.74 Å². The number of nitro groups is 1. The SMILES string of the molecule is Cc1c(C(=O)OCC(=O)c2ccc(Br)s2)cccc1[N+](=O)[O-]. The van der Waals surface area contributed by atoms with E-state index in [1.54, 1.807) is 12.1 Å². The van der Waals surface area contributed by atoms with Crippen LogP contribution >= 0.6 is 27.3 Å². The highest BCUT2D eigenvalue weighted by Gasteiger charge is 2.20. The van der Waals surface area contributed by atoms with Crippen molar-refractivity contribution in [3.8, 4) is 0 Å². The van der Waals surface area contributed by atoms with Gasteiger partial charge in [-0.2, -0.15) is 0 Å². The van der Waals surface area contributed by atoms with Crippen LogP contribution in [-0.2, 0) is 4.74 Å². The van der Waals surface area contributed by atoms with Crippen LogP contribution in [0, 0.1) is 17.0 Å². The minimum absolute atomic E-state index is 0.0781. The van der Waals surface area contributed by atoms with E-state index in [0.29, 0.717) is 4.88 Å². The van der Waals surface area contributed by atoms with Crippen LogP contribution in [-0.4, -0.2) is 23.3 Å². The highest BCUT2D eigenvalue weighted by molar-refractivity contribution is 9.11. The van der Waals surface area contributed by atoms with Crippen molar-refractivity contribution in [2.75, 3.05) is 6.61 Å². The smallest absolute Gasteiger partial charge is 0.339 e. The number of esters is 1. The number of ketones is 1. The van der Waals surface area contributed by atoms with Crippen LogP contribution in [0.5, 0.6) is 0 Å². The molecule has 0 aliphatic carbocycles. The fraction of sp³-hybridized carbons (Fsp3) is 0.143. The zero-order valence-corrected chi connectivity index (χ0v) is 13.8. The molecule has 8 heteroatoms. The van der Waals surface area contributed by atoms with Crippen LogP contribution in [0.25, 0.3) is 0 Å². The number of hydrogen-bond donors (Lipinski definition) is 0. The quantitative estimate of drug-likeness (QED) is 0.339. The molecule has 6 nitrogen and oxygen atoms in total. The number of hydrogen-bond acceptors (Lipinski definition) is 6. The van der Waals surface area contributed by atoms with Crippen molar-refractivity contribution in [1.82, 2.24) is 0 Å². The highest BCUT2D eigenvalue weighted by atomic mass is 79.9. The maximum atomic E-state index is 12.0. The first kappa shape index (κ1) is 16.3. The van der Waals surface area contributed by atoms with Crippen molar-refractivity contribution >= 4 is 44.7 Å². The van der Waals surface area contributed by atoms with Gasteiger partial charge in [0.25, 0.3) is 5.69 Å². The van der Waals surface area contributed by atoms with E-state index in [1.165, 1.54) is 36.5 Å². The van der Waals surface area contributed by atoms with Gasteiger partial charge in [-0.15, -0.1) is 11.3 Å². The largest absolute Gasteiger partial charge is 0.454 e. The summed E-state index contributed by atoms with van der Waals surface area (Å²) in [5, 5.41) is 10.8. The molecule has 1 aromatic carbocycles. The summed E-state index contributed by atoms with van der Waals surface area (Å²) < 4.78 is 5.75. The van der Waals surface area contributed by atoms with Gasteiger partial charge >= 0.3 is 5.97 Å². The lowest BCUT2D eigenvalue weighted by Crippen LogP contribution is -2.14. The number of rotatable bonds is 5. The van der Waals surface area contributed by atoms with E-state index in [1.807, 2.05) is 0 Å². The van der Waals surface area contributed by atoms with Crippen molar-refractivity contribution < 1.29 is 19.2 Å². The van der Waals surface area contributed by atoms with E-state index in [-0.39, 0.29) is 22.6 Å². The molecule has 1 aromatic heterocycles. The van der Waals surface area contributed by atoms with Gasteiger partial charge in [0.15, 0.2) is 6.61 Å². The molecule has 0 atom stereocenters. The molecule has 0 aliphatic heterocycles. The Morgan fingerprint density at radius 1 is 1.32 bits per heavy atom. The van der Waals surface area contributed by atoms with Crippen LogP contribution in [0.3, 0.4) is 0 Å². The summed E-state index contributed by atoms with van der Waals surface area (Å²) in [5.41, 5.74) is 0.126. The van der Waals surface area contributed by atoms with Crippen molar-refractivity contribution in [2.45, 2.75) is 6.92 Å². The van der Waals surface area contributed by atoms with Gasteiger partial charge in [0.2, 0.25) is 5.78 Å². The number of benzene rings is 1. The Morgan fingerprint density at radius 2 is 2.05 bits per heavy atom. The third kappa shape index (κ3) is 3.58. The third-order valence-corrected chi connectivity index (χ3v) is 4.57. The molecule has 22 heavy (non-hydrogen) atoms. The minimum atomic E-state index is -0.759. The molecule has 1 heterocycles. The van der Waals surface area contributed by atoms with E-state index in [9.17, 15) is 19.7 Å². The van der Waals surface area contributed by atoms with E-state index < -0.39 is 17.5 Å². The monoisotopic (exact) mass is 383 g/mol. The Kier molecular flexibility index (Phi) is 5.04. The average molecular weight is 384 g/mol. The number of carbonyl (C=O) groups excluding carboxylic acids is 2. The van der Waals surface area contributed by atoms with Crippen LogP contribution in [0.15, 0.2) is 34.1 Å². The lowest BCUT2D eigenvalue weighted by molar-refractivity contribution is -0.385. The van der Waals surface area contributed by atoms with Gasteiger partial charge in [-0.25, -0.2) is 4.79 Å². The molecule has 114 valence electrons. The molecule has 0 N–H and O–H groups in total. The van der Waals surface area contributed by atoms with Gasteiger partial charge in [0, 0.05) is 11.6 Å². The summed E-state index contributed by atoms with van der Waals surface area (Å²) >= 11 is 4.48. The molecule has 2 aromatic rings. The Bertz CT molecular complexity index is 755. The minimum Gasteiger partial charge on any atom is -0.454 e. The van der Waals surface area contributed by atoms with Crippen molar-refractivity contribution in [1.29, 1.82) is 0 Å². The lowest BCUT2D eigenvalue weighted by Gasteiger charge is -2.06. The van der Waals surface area contributed by atoms with Gasteiger partial charge in [-0.05, 0) is 41.1 Å². The Hall–Kier alpha value is -2.06. The Balaban J connectivity index is 2.08. The van der Waals surface area contributed by atoms with Crippen LogP contribution in [0.2, 0.25) is 0 Å². The summed E-state index contributed by atoms with van der Waals surface area (Å²) in [7, 11) is 0. The summed E-state index contributed by atoms with van der Waals surface area (Å²) in [5.74, 6) is -1.09. The maximum absolute atomic E-state index is 12.0. The topological polar surface area (TPSA) is 86.5 Å². The second-order valence-electron chi connectivity index (χ2n) is 4.31. The van der Waals surface area contributed by atoms with Crippen molar-refractivity contribution in [3.63, 3.8) is 0 Å². The summed E-state index contributed by atoms with van der Waals surface area (Å²) in [6.07, 6.45) is 0. The molecule has 0 amide bonds. The van der Waals surface area contributed by atoms with Crippen LogP contribution in [0.1, 0.15) is 25.6 Å². The first-order valence-electron chi connectivity index (χ1n) is 6.10. The molecular formula is C14H10BrNO5S. The number of thiophene rings is 1. The number of nitro benzene ring substituents is 1. The second kappa shape index (κ2) is 6.80. The number of carbonyl (C=O) groups is 2. The molecule has 0 saturated carbocycles. The lowest BCUT2D eigenvalue weighted by atomic mass is 10.1. The molecule has 0 unspecified atom stereocenters. The predicted molar refractivity (Wildman–Crippen MR) is 84.5 cm³/mol. The maximum Gasteiger partial charge on any atom is 0.339 e. The first-order valence-corrected chi connectivity index (χ1v) is 7.70. The highest BCUT2D eigenvalue weighted by Crippen LogP contribution is 2.23. The third-order valence-electron chi connectivity index (χ3n) is 2.90. The summed E-state index contributed by atoms with van der Waals surface area (Å²) in [6.45, 7) is 1.06. The normalized spacial score (nSPS) is 10.3. The average Bonchev–Trinajstić information content (AvgIpc) is 2.91. The fourth-order valence-corrected chi connectivity index (χ4v) is 3.10. The molecule has 0 fully saturated rings. The first-order chi connectivity index (χ1) is 10.4. The van der Waals surface area contributed by atoms with Gasteiger partial charge in [0.05, 0.1) is 19.2 Å². The molecule has 0 spiro atoms. The Morgan fingerprint density at radius 3 is 2.64 bits per heavy atom. The zero-order chi connectivity index (χ0) is 16.3. The second-order valence-corrected chi connectivity index (χ2v) is 6.77. The zero-order valence-electron chi connectivity index (χ0n) is 11.4. The number of Topliss-reactive ketones (excluding diaryl/α,β-unsaturated/α-hetero) is 1. The van der Waals surface area contributed by atoms with E-state index >= 15 is 0 Å². The van der Waals surface area contributed by atoms with E-state index in [2.05, 4.69) is 15.9 Å². The van der Waals surface area contributed by atoms with Crippen molar-refractivity contribution in [3.05, 3.63) is 60.2 Å². The molecular weight excluding hydrogens is 374 g/mol. The molecule has 0 aliphatic rings.